The maximum atomic E-state index is 13.0. The van der Waals surface area contributed by atoms with E-state index >= 15 is 0 Å². The first kappa shape index (κ1) is 17.4. The van der Waals surface area contributed by atoms with Gasteiger partial charge in [0.05, 0.1) is 19.3 Å². The molecule has 2 aromatic rings. The zero-order chi connectivity index (χ0) is 17.6. The van der Waals surface area contributed by atoms with Gasteiger partial charge in [-0.1, -0.05) is 12.1 Å². The Bertz CT molecular complexity index is 702. The number of hydrogen-bond acceptors (Lipinski definition) is 4. The van der Waals surface area contributed by atoms with Crippen molar-refractivity contribution in [3.8, 4) is 5.75 Å². The quantitative estimate of drug-likeness (QED) is 0.872. The van der Waals surface area contributed by atoms with Crippen molar-refractivity contribution in [2.75, 3.05) is 13.2 Å². The summed E-state index contributed by atoms with van der Waals surface area (Å²) in [7, 11) is 0. The van der Waals surface area contributed by atoms with Crippen LogP contribution in [0.15, 0.2) is 48.5 Å². The number of carbonyl (C=O) groups is 1. The normalized spacial score (nSPS) is 20.1. The average Bonchev–Trinajstić information content (AvgIpc) is 2.64. The summed E-state index contributed by atoms with van der Waals surface area (Å²) in [5.41, 5.74) is 1.20. The van der Waals surface area contributed by atoms with Crippen molar-refractivity contribution in [1.82, 2.24) is 5.32 Å². The molecule has 1 aliphatic heterocycles. The predicted molar refractivity (Wildman–Crippen MR) is 89.9 cm³/mol. The molecule has 0 unspecified atom stereocenters. The predicted octanol–water partition coefficient (Wildman–Crippen LogP) is 2.28. The van der Waals surface area contributed by atoms with Crippen LogP contribution in [0.3, 0.4) is 0 Å². The first-order valence-corrected chi connectivity index (χ1v) is 8.16. The van der Waals surface area contributed by atoms with Crippen LogP contribution in [0.25, 0.3) is 0 Å². The fourth-order valence-electron chi connectivity index (χ4n) is 2.69. The number of ether oxygens (including phenoxy) is 2. The fourth-order valence-corrected chi connectivity index (χ4v) is 2.69. The van der Waals surface area contributed by atoms with Gasteiger partial charge >= 0.3 is 0 Å². The first-order chi connectivity index (χ1) is 12.2. The number of nitrogens with one attached hydrogen (secondary N) is 1. The summed E-state index contributed by atoms with van der Waals surface area (Å²) >= 11 is 0. The van der Waals surface area contributed by atoms with E-state index in [1.807, 2.05) is 0 Å². The molecule has 2 aromatic carbocycles. The summed E-state index contributed by atoms with van der Waals surface area (Å²) in [5.74, 6) is 0.0000111. The number of aliphatic hydroxyl groups is 1. The van der Waals surface area contributed by atoms with Gasteiger partial charge in [-0.3, -0.25) is 4.79 Å². The standard InChI is InChI=1S/C19H20FNO4/c20-15-5-3-14(4-6-15)19(23)21-17-9-10-24-12-18(17)25-16-7-1-13(11-22)2-8-16/h1-8,17-18,22H,9-12H2,(H,21,23)/t17-,18-/m1/s1. The molecule has 2 atom stereocenters. The van der Waals surface area contributed by atoms with E-state index < -0.39 is 0 Å². The third-order valence-corrected chi connectivity index (χ3v) is 4.12. The van der Waals surface area contributed by atoms with Gasteiger partial charge in [-0.05, 0) is 48.4 Å². The van der Waals surface area contributed by atoms with Crippen LogP contribution in [0.2, 0.25) is 0 Å². The molecule has 1 saturated heterocycles. The minimum absolute atomic E-state index is 0.0246. The summed E-state index contributed by atoms with van der Waals surface area (Å²) < 4.78 is 24.4. The van der Waals surface area contributed by atoms with E-state index in [-0.39, 0.29) is 30.5 Å². The molecule has 0 saturated carbocycles. The highest BCUT2D eigenvalue weighted by atomic mass is 19.1. The van der Waals surface area contributed by atoms with E-state index in [2.05, 4.69) is 5.32 Å². The lowest BCUT2D eigenvalue weighted by atomic mass is 10.0. The Kier molecular flexibility index (Phi) is 5.63. The average molecular weight is 345 g/mol. The summed E-state index contributed by atoms with van der Waals surface area (Å²) in [6.07, 6.45) is 0.310. The van der Waals surface area contributed by atoms with Crippen molar-refractivity contribution in [2.45, 2.75) is 25.2 Å². The van der Waals surface area contributed by atoms with E-state index in [1.165, 1.54) is 24.3 Å². The monoisotopic (exact) mass is 345 g/mol. The molecule has 0 aliphatic carbocycles. The van der Waals surface area contributed by atoms with Gasteiger partial charge < -0.3 is 19.9 Å². The minimum atomic E-state index is -0.379. The highest BCUT2D eigenvalue weighted by Crippen LogP contribution is 2.19. The zero-order valence-corrected chi connectivity index (χ0v) is 13.7. The van der Waals surface area contributed by atoms with Gasteiger partial charge in [-0.15, -0.1) is 0 Å². The van der Waals surface area contributed by atoms with Crippen molar-refractivity contribution < 1.29 is 23.8 Å². The zero-order valence-electron chi connectivity index (χ0n) is 13.7. The van der Waals surface area contributed by atoms with Gasteiger partial charge in [-0.2, -0.15) is 0 Å². The second kappa shape index (κ2) is 8.09. The van der Waals surface area contributed by atoms with Crippen molar-refractivity contribution in [3.05, 3.63) is 65.5 Å². The Morgan fingerprint density at radius 3 is 2.60 bits per heavy atom. The molecule has 0 bridgehead atoms. The molecule has 132 valence electrons. The molecule has 5 nitrogen and oxygen atoms in total. The van der Waals surface area contributed by atoms with Crippen molar-refractivity contribution in [2.24, 2.45) is 0 Å². The highest BCUT2D eigenvalue weighted by Gasteiger charge is 2.29. The number of halogens is 1. The minimum Gasteiger partial charge on any atom is -0.486 e. The third kappa shape index (κ3) is 4.55. The van der Waals surface area contributed by atoms with Crippen LogP contribution in [0.5, 0.6) is 5.75 Å². The number of carbonyl (C=O) groups excluding carboxylic acids is 1. The maximum Gasteiger partial charge on any atom is 0.251 e. The number of amides is 1. The van der Waals surface area contributed by atoms with E-state index in [0.717, 1.165) is 5.56 Å². The third-order valence-electron chi connectivity index (χ3n) is 4.12. The lowest BCUT2D eigenvalue weighted by Crippen LogP contribution is -2.51. The molecular weight excluding hydrogens is 325 g/mol. The van der Waals surface area contributed by atoms with Gasteiger partial charge in [0.15, 0.2) is 0 Å². The maximum absolute atomic E-state index is 13.0. The van der Waals surface area contributed by atoms with E-state index in [0.29, 0.717) is 30.9 Å². The van der Waals surface area contributed by atoms with Crippen LogP contribution in [-0.2, 0) is 11.3 Å². The molecule has 1 heterocycles. The molecule has 0 aromatic heterocycles. The molecule has 25 heavy (non-hydrogen) atoms. The molecular formula is C19H20FNO4. The van der Waals surface area contributed by atoms with Gasteiger partial charge in [0.25, 0.3) is 5.91 Å². The van der Waals surface area contributed by atoms with Gasteiger partial charge in [0, 0.05) is 12.2 Å². The van der Waals surface area contributed by atoms with Gasteiger partial charge in [0.1, 0.15) is 17.7 Å². The Hall–Kier alpha value is -2.44. The lowest BCUT2D eigenvalue weighted by Gasteiger charge is -2.32. The fraction of sp³-hybridized carbons (Fsp3) is 0.316. The number of rotatable bonds is 5. The van der Waals surface area contributed by atoms with E-state index in [4.69, 9.17) is 14.6 Å². The number of benzene rings is 2. The molecule has 6 heteroatoms. The number of aliphatic hydroxyl groups excluding tert-OH is 1. The smallest absolute Gasteiger partial charge is 0.251 e. The summed E-state index contributed by atoms with van der Waals surface area (Å²) in [6.45, 7) is 0.886. The molecule has 2 N–H and O–H groups in total. The Morgan fingerprint density at radius 1 is 1.20 bits per heavy atom. The van der Waals surface area contributed by atoms with Crippen molar-refractivity contribution in [1.29, 1.82) is 0 Å². The SMILES string of the molecule is O=C(N[C@@H]1CCOC[C@H]1Oc1ccc(CO)cc1)c1ccc(F)cc1. The Labute approximate surface area is 145 Å². The molecule has 1 aliphatic rings. The van der Waals surface area contributed by atoms with E-state index in [1.54, 1.807) is 24.3 Å². The molecule has 3 rings (SSSR count). The summed E-state index contributed by atoms with van der Waals surface area (Å²) in [4.78, 5) is 12.3. The Morgan fingerprint density at radius 2 is 1.92 bits per heavy atom. The summed E-state index contributed by atoms with van der Waals surface area (Å²) in [6, 6.07) is 12.3. The van der Waals surface area contributed by atoms with Crippen LogP contribution in [0.1, 0.15) is 22.3 Å². The Balaban J connectivity index is 1.65. The number of hydrogen-bond donors (Lipinski definition) is 2. The lowest BCUT2D eigenvalue weighted by molar-refractivity contribution is -0.0135. The van der Waals surface area contributed by atoms with Crippen LogP contribution >= 0.6 is 0 Å². The van der Waals surface area contributed by atoms with E-state index in [9.17, 15) is 9.18 Å². The topological polar surface area (TPSA) is 67.8 Å². The van der Waals surface area contributed by atoms with Crippen LogP contribution in [-0.4, -0.2) is 36.4 Å². The summed E-state index contributed by atoms with van der Waals surface area (Å²) in [5, 5.41) is 12.0. The molecule has 1 fully saturated rings. The second-order valence-electron chi connectivity index (χ2n) is 5.91. The highest BCUT2D eigenvalue weighted by molar-refractivity contribution is 5.94. The molecule has 0 spiro atoms. The van der Waals surface area contributed by atoms with Gasteiger partial charge in [-0.25, -0.2) is 4.39 Å². The van der Waals surface area contributed by atoms with Crippen LogP contribution in [0.4, 0.5) is 4.39 Å². The molecule has 1 amide bonds. The van der Waals surface area contributed by atoms with Gasteiger partial charge in [0.2, 0.25) is 0 Å². The first-order valence-electron chi connectivity index (χ1n) is 8.16. The second-order valence-corrected chi connectivity index (χ2v) is 5.91. The van der Waals surface area contributed by atoms with Crippen molar-refractivity contribution >= 4 is 5.91 Å². The van der Waals surface area contributed by atoms with Crippen molar-refractivity contribution in [3.63, 3.8) is 0 Å². The largest absolute Gasteiger partial charge is 0.486 e. The van der Waals surface area contributed by atoms with Crippen LogP contribution < -0.4 is 10.1 Å². The van der Waals surface area contributed by atoms with Crippen LogP contribution in [0, 0.1) is 5.82 Å². The molecule has 0 radical (unpaired) electrons.